The Hall–Kier alpha value is -3.09. The summed E-state index contributed by atoms with van der Waals surface area (Å²) < 4.78 is 6.51. The number of nitrogens with one attached hydrogen (secondary N) is 1. The second kappa shape index (κ2) is 5.84. The lowest BCUT2D eigenvalue weighted by Gasteiger charge is -2.12. The Morgan fingerprint density at radius 3 is 2.71 bits per heavy atom. The summed E-state index contributed by atoms with van der Waals surface area (Å²) in [5.41, 5.74) is -0.550. The summed E-state index contributed by atoms with van der Waals surface area (Å²) in [6.07, 6.45) is 3.70. The average molecular weight is 324 g/mol. The summed E-state index contributed by atoms with van der Waals surface area (Å²) in [6, 6.07) is 10.5. The number of hydrogen-bond donors (Lipinski definition) is 1. The maximum absolute atomic E-state index is 12.4. The first-order chi connectivity index (χ1) is 11.7. The highest BCUT2D eigenvalue weighted by Gasteiger charge is 2.15. The number of furan rings is 1. The molecular formula is C17H16N4O3. The van der Waals surface area contributed by atoms with E-state index in [0.717, 1.165) is 36.5 Å². The lowest BCUT2D eigenvalue weighted by Crippen LogP contribution is -2.32. The van der Waals surface area contributed by atoms with Crippen molar-refractivity contribution in [1.82, 2.24) is 9.66 Å². The van der Waals surface area contributed by atoms with E-state index in [4.69, 9.17) is 4.42 Å². The Morgan fingerprint density at radius 1 is 1.08 bits per heavy atom. The molecule has 0 unspecified atom stereocenters. The third-order valence-corrected chi connectivity index (χ3v) is 4.11. The molecule has 0 aliphatic carbocycles. The zero-order valence-electron chi connectivity index (χ0n) is 12.9. The fraction of sp³-hybridized carbons (Fsp3) is 0.235. The van der Waals surface area contributed by atoms with Crippen LogP contribution in [0.15, 0.2) is 55.5 Å². The van der Waals surface area contributed by atoms with E-state index in [2.05, 4.69) is 15.0 Å². The fourth-order valence-electron chi connectivity index (χ4n) is 2.89. The van der Waals surface area contributed by atoms with Crippen molar-refractivity contribution < 1.29 is 4.42 Å². The van der Waals surface area contributed by atoms with Crippen LogP contribution in [0, 0.1) is 0 Å². The van der Waals surface area contributed by atoms with E-state index in [-0.39, 0.29) is 0 Å². The minimum atomic E-state index is -0.582. The Balaban J connectivity index is 1.68. The van der Waals surface area contributed by atoms with E-state index in [0.29, 0.717) is 16.7 Å². The van der Waals surface area contributed by atoms with Gasteiger partial charge in [0.05, 0.1) is 17.1 Å². The second-order valence-electron chi connectivity index (χ2n) is 5.71. The van der Waals surface area contributed by atoms with Crippen LogP contribution in [0.1, 0.15) is 18.6 Å². The summed E-state index contributed by atoms with van der Waals surface area (Å²) >= 11 is 0. The molecule has 2 aromatic heterocycles. The van der Waals surface area contributed by atoms with Gasteiger partial charge < -0.3 is 14.3 Å². The summed E-state index contributed by atoms with van der Waals surface area (Å²) in [6.45, 7) is 1.96. The van der Waals surface area contributed by atoms with Crippen molar-refractivity contribution in [2.24, 2.45) is 5.10 Å². The lowest BCUT2D eigenvalue weighted by molar-refractivity contribution is 0.549. The van der Waals surface area contributed by atoms with Crippen LogP contribution < -0.4 is 16.1 Å². The molecule has 1 fully saturated rings. The van der Waals surface area contributed by atoms with Gasteiger partial charge in [-0.05, 0) is 31.0 Å². The maximum atomic E-state index is 12.4. The minimum Gasteiger partial charge on any atom is -0.440 e. The van der Waals surface area contributed by atoms with Gasteiger partial charge in [-0.1, -0.05) is 12.1 Å². The first-order valence-electron chi connectivity index (χ1n) is 7.85. The molecule has 0 radical (unpaired) electrons. The summed E-state index contributed by atoms with van der Waals surface area (Å²) in [7, 11) is 0. The molecule has 0 saturated carbocycles. The second-order valence-corrected chi connectivity index (χ2v) is 5.71. The minimum absolute atomic E-state index is 0.409. The van der Waals surface area contributed by atoms with E-state index in [1.165, 1.54) is 6.21 Å². The summed E-state index contributed by atoms with van der Waals surface area (Å²) in [4.78, 5) is 29.2. The van der Waals surface area contributed by atoms with Crippen LogP contribution in [0.2, 0.25) is 0 Å². The number of fused-ring (bicyclic) bond motifs is 1. The molecule has 7 nitrogen and oxygen atoms in total. The van der Waals surface area contributed by atoms with Gasteiger partial charge in [-0.25, -0.2) is 4.79 Å². The third-order valence-electron chi connectivity index (χ3n) is 4.11. The van der Waals surface area contributed by atoms with Crippen LogP contribution in [-0.4, -0.2) is 29.0 Å². The van der Waals surface area contributed by atoms with Crippen LogP contribution in [0.4, 0.5) is 5.88 Å². The molecule has 1 N–H and O–H groups in total. The molecular weight excluding hydrogens is 308 g/mol. The quantitative estimate of drug-likeness (QED) is 0.744. The summed E-state index contributed by atoms with van der Waals surface area (Å²) in [5, 5.41) is 4.40. The van der Waals surface area contributed by atoms with Gasteiger partial charge in [-0.2, -0.15) is 5.10 Å². The lowest BCUT2D eigenvalue weighted by atomic mass is 10.2. The van der Waals surface area contributed by atoms with Crippen LogP contribution >= 0.6 is 0 Å². The van der Waals surface area contributed by atoms with Gasteiger partial charge in [0.1, 0.15) is 5.76 Å². The van der Waals surface area contributed by atoms with Crippen LogP contribution in [-0.2, 0) is 0 Å². The van der Waals surface area contributed by atoms with E-state index in [9.17, 15) is 9.59 Å². The van der Waals surface area contributed by atoms with Crippen LogP contribution in [0.3, 0.4) is 0 Å². The van der Waals surface area contributed by atoms with E-state index in [1.54, 1.807) is 30.3 Å². The molecule has 4 rings (SSSR count). The third kappa shape index (κ3) is 2.54. The first-order valence-corrected chi connectivity index (χ1v) is 7.85. The van der Waals surface area contributed by atoms with Gasteiger partial charge in [-0.3, -0.25) is 4.79 Å². The Labute approximate surface area is 136 Å². The molecule has 122 valence electrons. The molecule has 24 heavy (non-hydrogen) atoms. The normalized spacial score (nSPS) is 14.9. The Bertz CT molecular complexity index is 1020. The zero-order chi connectivity index (χ0) is 16.5. The van der Waals surface area contributed by atoms with Crippen molar-refractivity contribution in [2.75, 3.05) is 18.0 Å². The molecule has 0 bridgehead atoms. The van der Waals surface area contributed by atoms with Gasteiger partial charge >= 0.3 is 5.69 Å². The van der Waals surface area contributed by atoms with Gasteiger partial charge in [0.15, 0.2) is 5.88 Å². The Morgan fingerprint density at radius 2 is 1.88 bits per heavy atom. The number of aromatic nitrogens is 2. The monoisotopic (exact) mass is 324 g/mol. The highest BCUT2D eigenvalue weighted by atomic mass is 16.4. The van der Waals surface area contributed by atoms with Crippen LogP contribution in [0.25, 0.3) is 10.9 Å². The van der Waals surface area contributed by atoms with E-state index < -0.39 is 11.2 Å². The first kappa shape index (κ1) is 14.5. The number of para-hydroxylation sites is 1. The topological polar surface area (TPSA) is 83.6 Å². The molecule has 7 heteroatoms. The number of aromatic amines is 1. The fourth-order valence-corrected chi connectivity index (χ4v) is 2.89. The molecule has 0 atom stereocenters. The molecule has 3 aromatic rings. The summed E-state index contributed by atoms with van der Waals surface area (Å²) in [5.74, 6) is 1.28. The number of benzene rings is 1. The standard InChI is InChI=1S/C17H16N4O3/c22-16-13-5-1-2-6-14(13)19-17(23)21(16)18-11-12-7-8-15(24-12)20-9-3-4-10-20/h1-2,5-8,11H,3-4,9-10H2,(H,19,23). The Kier molecular flexibility index (Phi) is 3.53. The zero-order valence-corrected chi connectivity index (χ0v) is 12.9. The number of rotatable bonds is 3. The number of nitrogens with zero attached hydrogens (tertiary/aromatic N) is 3. The molecule has 1 aliphatic heterocycles. The van der Waals surface area contributed by atoms with Crippen molar-refractivity contribution in [2.45, 2.75) is 12.8 Å². The predicted octanol–water partition coefficient (Wildman–Crippen LogP) is 1.77. The molecule has 0 amide bonds. The molecule has 1 saturated heterocycles. The molecule has 0 spiro atoms. The SMILES string of the molecule is O=c1[nH]c2ccccc2c(=O)n1N=Cc1ccc(N2CCCC2)o1. The number of H-pyrrole nitrogens is 1. The van der Waals surface area contributed by atoms with Gasteiger partial charge in [-0.15, -0.1) is 4.68 Å². The highest BCUT2D eigenvalue weighted by Crippen LogP contribution is 2.21. The van der Waals surface area contributed by atoms with E-state index >= 15 is 0 Å². The van der Waals surface area contributed by atoms with Crippen molar-refractivity contribution in [3.8, 4) is 0 Å². The van der Waals surface area contributed by atoms with Crippen molar-refractivity contribution in [3.05, 3.63) is 63.0 Å². The number of hydrogen-bond acceptors (Lipinski definition) is 5. The maximum Gasteiger partial charge on any atom is 0.349 e. The largest absolute Gasteiger partial charge is 0.440 e. The highest BCUT2D eigenvalue weighted by molar-refractivity contribution is 5.78. The molecule has 1 aliphatic rings. The van der Waals surface area contributed by atoms with E-state index in [1.807, 2.05) is 6.07 Å². The van der Waals surface area contributed by atoms with Crippen LogP contribution in [0.5, 0.6) is 0 Å². The number of anilines is 1. The van der Waals surface area contributed by atoms with Crippen molar-refractivity contribution in [3.63, 3.8) is 0 Å². The smallest absolute Gasteiger partial charge is 0.349 e. The predicted molar refractivity (Wildman–Crippen MR) is 92.0 cm³/mol. The van der Waals surface area contributed by atoms with Gasteiger partial charge in [0, 0.05) is 19.2 Å². The van der Waals surface area contributed by atoms with Gasteiger partial charge in [0.25, 0.3) is 5.56 Å². The molecule has 3 heterocycles. The van der Waals surface area contributed by atoms with Gasteiger partial charge in [0.2, 0.25) is 0 Å². The molecule has 1 aromatic carbocycles. The van der Waals surface area contributed by atoms with Crippen molar-refractivity contribution >= 4 is 23.0 Å². The average Bonchev–Trinajstić information content (AvgIpc) is 3.26. The van der Waals surface area contributed by atoms with Crippen molar-refractivity contribution in [1.29, 1.82) is 0 Å².